The van der Waals surface area contributed by atoms with Crippen molar-refractivity contribution >= 4 is 28.5 Å². The highest BCUT2D eigenvalue weighted by Gasteiger charge is 2.32. The largest absolute Gasteiger partial charge is 0.452 e. The number of allylic oxidation sites excluding steroid dienone is 1. The predicted molar refractivity (Wildman–Crippen MR) is 93.3 cm³/mol. The van der Waals surface area contributed by atoms with Crippen LogP contribution in [0.1, 0.15) is 21.5 Å². The van der Waals surface area contributed by atoms with Gasteiger partial charge in [-0.3, -0.25) is 14.9 Å². The fourth-order valence-electron chi connectivity index (χ4n) is 2.97. The van der Waals surface area contributed by atoms with Crippen molar-refractivity contribution in [2.75, 3.05) is 0 Å². The van der Waals surface area contributed by atoms with Gasteiger partial charge >= 0.3 is 5.63 Å². The molecule has 0 unspecified atom stereocenters. The Kier molecular flexibility index (Phi) is 3.43. The number of hydrogen-bond donors (Lipinski definition) is 0. The SMILES string of the molecule is Cc1cc(=O)oc2c3c(ccc12)O/C(=C\c1ccccc1[N+](=O)[O-])C3=O. The number of hydrogen-bond acceptors (Lipinski definition) is 6. The summed E-state index contributed by atoms with van der Waals surface area (Å²) in [6.07, 6.45) is 1.32. The molecule has 128 valence electrons. The molecule has 2 heterocycles. The van der Waals surface area contributed by atoms with Gasteiger partial charge in [-0.1, -0.05) is 12.1 Å². The van der Waals surface area contributed by atoms with Crippen LogP contribution in [0.2, 0.25) is 0 Å². The summed E-state index contributed by atoms with van der Waals surface area (Å²) in [5.74, 6) is -0.301. The third-order valence-electron chi connectivity index (χ3n) is 4.17. The number of fused-ring (bicyclic) bond motifs is 3. The molecule has 2 aromatic carbocycles. The molecule has 1 aromatic heterocycles. The summed E-state index contributed by atoms with van der Waals surface area (Å²) >= 11 is 0. The average molecular weight is 349 g/mol. The Labute approximate surface area is 146 Å². The topological polar surface area (TPSA) is 99.7 Å². The molecule has 3 aromatic rings. The summed E-state index contributed by atoms with van der Waals surface area (Å²) in [4.78, 5) is 35.1. The standard InChI is InChI=1S/C19H11NO6/c1-10-8-16(21)26-19-12(10)6-7-14-17(19)18(22)15(25-14)9-11-4-2-3-5-13(11)20(23)24/h2-9H,1H3/b15-9-. The third kappa shape index (κ3) is 2.37. The molecule has 4 rings (SSSR count). The summed E-state index contributed by atoms with van der Waals surface area (Å²) in [7, 11) is 0. The zero-order valence-corrected chi connectivity index (χ0v) is 13.5. The molecule has 0 saturated carbocycles. The first-order chi connectivity index (χ1) is 12.5. The monoisotopic (exact) mass is 349 g/mol. The number of benzene rings is 2. The second-order valence-corrected chi connectivity index (χ2v) is 5.82. The van der Waals surface area contributed by atoms with Gasteiger partial charge in [0.05, 0.1) is 10.5 Å². The molecule has 0 spiro atoms. The number of ketones is 1. The van der Waals surface area contributed by atoms with Crippen LogP contribution < -0.4 is 10.4 Å². The van der Waals surface area contributed by atoms with Crippen LogP contribution in [0.4, 0.5) is 5.69 Å². The zero-order valence-electron chi connectivity index (χ0n) is 13.5. The number of nitro benzene ring substituents is 1. The van der Waals surface area contributed by atoms with Crippen LogP contribution in [-0.2, 0) is 0 Å². The van der Waals surface area contributed by atoms with Gasteiger partial charge in [-0.05, 0) is 36.8 Å². The van der Waals surface area contributed by atoms with E-state index in [0.29, 0.717) is 10.9 Å². The first-order valence-electron chi connectivity index (χ1n) is 7.71. The van der Waals surface area contributed by atoms with E-state index in [9.17, 15) is 19.7 Å². The molecule has 26 heavy (non-hydrogen) atoms. The van der Waals surface area contributed by atoms with Crippen molar-refractivity contribution in [3.63, 3.8) is 0 Å². The molecular formula is C19H11NO6. The number of carbonyl (C=O) groups is 1. The van der Waals surface area contributed by atoms with E-state index in [1.54, 1.807) is 25.1 Å². The lowest BCUT2D eigenvalue weighted by Gasteiger charge is -2.02. The smallest absolute Gasteiger partial charge is 0.336 e. The minimum absolute atomic E-state index is 0.0639. The maximum atomic E-state index is 12.8. The van der Waals surface area contributed by atoms with E-state index < -0.39 is 16.3 Å². The van der Waals surface area contributed by atoms with Crippen LogP contribution in [0.5, 0.6) is 5.75 Å². The Morgan fingerprint density at radius 1 is 1.12 bits per heavy atom. The minimum Gasteiger partial charge on any atom is -0.452 e. The Morgan fingerprint density at radius 3 is 2.65 bits per heavy atom. The Hall–Kier alpha value is -3.74. The second-order valence-electron chi connectivity index (χ2n) is 5.82. The van der Waals surface area contributed by atoms with Gasteiger partial charge in [0.2, 0.25) is 5.78 Å². The molecule has 1 aliphatic heterocycles. The van der Waals surface area contributed by atoms with Gasteiger partial charge in [0, 0.05) is 17.5 Å². The molecule has 0 atom stereocenters. The van der Waals surface area contributed by atoms with Crippen LogP contribution in [0.25, 0.3) is 17.0 Å². The molecule has 0 amide bonds. The maximum Gasteiger partial charge on any atom is 0.336 e. The van der Waals surface area contributed by atoms with Gasteiger partial charge in [-0.2, -0.15) is 0 Å². The fraction of sp³-hybridized carbons (Fsp3) is 0.0526. The number of aryl methyl sites for hydroxylation is 1. The quantitative estimate of drug-likeness (QED) is 0.303. The van der Waals surface area contributed by atoms with E-state index in [1.807, 2.05) is 0 Å². The summed E-state index contributed by atoms with van der Waals surface area (Å²) in [6.45, 7) is 1.75. The van der Waals surface area contributed by atoms with E-state index in [2.05, 4.69) is 0 Å². The van der Waals surface area contributed by atoms with Crippen molar-refractivity contribution in [2.24, 2.45) is 0 Å². The summed E-state index contributed by atoms with van der Waals surface area (Å²) in [5, 5.41) is 11.8. The number of ether oxygens (including phenoxy) is 1. The van der Waals surface area contributed by atoms with Crippen molar-refractivity contribution in [1.29, 1.82) is 0 Å². The lowest BCUT2D eigenvalue weighted by atomic mass is 10.0. The van der Waals surface area contributed by atoms with Gasteiger partial charge in [0.25, 0.3) is 5.69 Å². The van der Waals surface area contributed by atoms with Crippen molar-refractivity contribution in [1.82, 2.24) is 0 Å². The average Bonchev–Trinajstić information content (AvgIpc) is 2.91. The molecule has 0 fully saturated rings. The first-order valence-corrected chi connectivity index (χ1v) is 7.71. The predicted octanol–water partition coefficient (Wildman–Crippen LogP) is 3.63. The maximum absolute atomic E-state index is 12.8. The highest BCUT2D eigenvalue weighted by Crippen LogP contribution is 2.38. The lowest BCUT2D eigenvalue weighted by Crippen LogP contribution is -2.03. The van der Waals surface area contributed by atoms with E-state index >= 15 is 0 Å². The minimum atomic E-state index is -0.563. The van der Waals surface area contributed by atoms with Gasteiger partial charge < -0.3 is 9.15 Å². The van der Waals surface area contributed by atoms with E-state index in [-0.39, 0.29) is 33.9 Å². The van der Waals surface area contributed by atoms with Crippen molar-refractivity contribution in [2.45, 2.75) is 6.92 Å². The number of para-hydroxylation sites is 1. The third-order valence-corrected chi connectivity index (χ3v) is 4.17. The summed E-state index contributed by atoms with van der Waals surface area (Å²) in [5.41, 5.74) is 0.530. The molecule has 0 aliphatic carbocycles. The first kappa shape index (κ1) is 15.8. The van der Waals surface area contributed by atoms with Crippen molar-refractivity contribution < 1.29 is 18.9 Å². The number of nitrogens with zero attached hydrogens (tertiary/aromatic N) is 1. The molecular weight excluding hydrogens is 338 g/mol. The Bertz CT molecular complexity index is 1190. The Morgan fingerprint density at radius 2 is 1.88 bits per heavy atom. The highest BCUT2D eigenvalue weighted by molar-refractivity contribution is 6.20. The zero-order chi connectivity index (χ0) is 18.4. The number of rotatable bonds is 2. The molecule has 0 N–H and O–H groups in total. The van der Waals surface area contributed by atoms with E-state index in [4.69, 9.17) is 9.15 Å². The Balaban J connectivity index is 1.89. The van der Waals surface area contributed by atoms with Gasteiger partial charge in [0.1, 0.15) is 11.3 Å². The normalized spacial score (nSPS) is 14.5. The number of carbonyl (C=O) groups excluding carboxylic acids is 1. The van der Waals surface area contributed by atoms with Gasteiger partial charge in [-0.25, -0.2) is 4.79 Å². The molecule has 1 aliphatic rings. The van der Waals surface area contributed by atoms with Gasteiger partial charge in [-0.15, -0.1) is 0 Å². The summed E-state index contributed by atoms with van der Waals surface area (Å²) in [6, 6.07) is 10.7. The van der Waals surface area contributed by atoms with Crippen molar-refractivity contribution in [3.8, 4) is 5.75 Å². The van der Waals surface area contributed by atoms with Crippen LogP contribution in [-0.4, -0.2) is 10.7 Å². The molecule has 7 heteroatoms. The molecule has 7 nitrogen and oxygen atoms in total. The number of nitro groups is 1. The van der Waals surface area contributed by atoms with E-state index in [0.717, 1.165) is 0 Å². The molecule has 0 bridgehead atoms. The van der Waals surface area contributed by atoms with Crippen LogP contribution >= 0.6 is 0 Å². The summed E-state index contributed by atoms with van der Waals surface area (Å²) < 4.78 is 10.8. The fourth-order valence-corrected chi connectivity index (χ4v) is 2.97. The van der Waals surface area contributed by atoms with Crippen LogP contribution in [0.15, 0.2) is 57.4 Å². The lowest BCUT2D eigenvalue weighted by molar-refractivity contribution is -0.385. The molecule has 0 radical (unpaired) electrons. The highest BCUT2D eigenvalue weighted by atomic mass is 16.6. The van der Waals surface area contributed by atoms with Crippen molar-refractivity contribution in [3.05, 3.63) is 85.4 Å². The molecule has 0 saturated heterocycles. The van der Waals surface area contributed by atoms with Gasteiger partial charge in [0.15, 0.2) is 11.3 Å². The van der Waals surface area contributed by atoms with Crippen LogP contribution in [0.3, 0.4) is 0 Å². The number of Topliss-reactive ketones (excluding diaryl/α,β-unsaturated/α-hetero) is 1. The van der Waals surface area contributed by atoms with Crippen LogP contribution in [0, 0.1) is 17.0 Å². The second kappa shape index (κ2) is 5.66. The van der Waals surface area contributed by atoms with E-state index in [1.165, 1.54) is 30.3 Å².